The van der Waals surface area contributed by atoms with Crippen molar-refractivity contribution in [2.24, 2.45) is 0 Å². The van der Waals surface area contributed by atoms with E-state index in [0.717, 1.165) is 12.8 Å². The largest absolute Gasteiger partial charge is 0.491 e. The molecule has 5 nitrogen and oxygen atoms in total. The third-order valence-corrected chi connectivity index (χ3v) is 3.17. The Morgan fingerprint density at radius 2 is 2.15 bits per heavy atom. The molecule has 1 saturated carbocycles. The molecule has 0 radical (unpaired) electrons. The van der Waals surface area contributed by atoms with E-state index in [0.29, 0.717) is 17.7 Å². The van der Waals surface area contributed by atoms with Crippen LogP contribution in [0.3, 0.4) is 0 Å². The highest BCUT2D eigenvalue weighted by atomic mass is 16.5. The SMILES string of the molecule is CC(C)Oc1cccc(C(C(=O)O)N(C=O)C2CC2)c1. The number of carboxylic acids is 1. The minimum atomic E-state index is -1.02. The van der Waals surface area contributed by atoms with Crippen molar-refractivity contribution < 1.29 is 19.4 Å². The number of benzene rings is 1. The van der Waals surface area contributed by atoms with E-state index in [9.17, 15) is 14.7 Å². The predicted octanol–water partition coefficient (Wildman–Crippen LogP) is 2.22. The number of ether oxygens (including phenoxy) is 1. The Balaban J connectivity index is 2.28. The van der Waals surface area contributed by atoms with Crippen molar-refractivity contribution >= 4 is 12.4 Å². The van der Waals surface area contributed by atoms with Crippen molar-refractivity contribution in [2.75, 3.05) is 0 Å². The summed E-state index contributed by atoms with van der Waals surface area (Å²) in [5.74, 6) is -0.406. The first kappa shape index (κ1) is 14.4. The average Bonchev–Trinajstić information content (AvgIpc) is 3.18. The van der Waals surface area contributed by atoms with Gasteiger partial charge < -0.3 is 14.7 Å². The smallest absolute Gasteiger partial charge is 0.331 e. The van der Waals surface area contributed by atoms with Crippen molar-refractivity contribution in [3.8, 4) is 5.75 Å². The number of carbonyl (C=O) groups is 2. The van der Waals surface area contributed by atoms with Gasteiger partial charge in [0.2, 0.25) is 6.41 Å². The van der Waals surface area contributed by atoms with Crippen molar-refractivity contribution in [2.45, 2.75) is 44.9 Å². The molecule has 0 saturated heterocycles. The van der Waals surface area contributed by atoms with Crippen LogP contribution in [0.25, 0.3) is 0 Å². The molecule has 0 aromatic heterocycles. The summed E-state index contributed by atoms with van der Waals surface area (Å²) in [6, 6.07) is 6.03. The molecule has 1 aliphatic rings. The summed E-state index contributed by atoms with van der Waals surface area (Å²) in [6.45, 7) is 3.81. The molecule has 0 bridgehead atoms. The van der Waals surface area contributed by atoms with Gasteiger partial charge in [-0.1, -0.05) is 12.1 Å². The van der Waals surface area contributed by atoms with Gasteiger partial charge in [0.05, 0.1) is 6.10 Å². The summed E-state index contributed by atoms with van der Waals surface area (Å²) in [6.07, 6.45) is 2.38. The number of amides is 1. The summed E-state index contributed by atoms with van der Waals surface area (Å²) >= 11 is 0. The van der Waals surface area contributed by atoms with Gasteiger partial charge in [-0.15, -0.1) is 0 Å². The molecule has 20 heavy (non-hydrogen) atoms. The Morgan fingerprint density at radius 3 is 2.65 bits per heavy atom. The lowest BCUT2D eigenvalue weighted by Gasteiger charge is -2.25. The van der Waals surface area contributed by atoms with E-state index in [4.69, 9.17) is 4.74 Å². The number of nitrogens with zero attached hydrogens (tertiary/aromatic N) is 1. The second kappa shape index (κ2) is 5.94. The fourth-order valence-corrected chi connectivity index (χ4v) is 2.20. The third-order valence-electron chi connectivity index (χ3n) is 3.17. The molecule has 1 aliphatic carbocycles. The molecule has 1 aromatic rings. The van der Waals surface area contributed by atoms with Gasteiger partial charge in [0.25, 0.3) is 0 Å². The van der Waals surface area contributed by atoms with Crippen LogP contribution in [0.1, 0.15) is 38.3 Å². The third kappa shape index (κ3) is 3.29. The first-order valence-corrected chi connectivity index (χ1v) is 6.75. The van der Waals surface area contributed by atoms with Crippen molar-refractivity contribution in [1.29, 1.82) is 0 Å². The van der Waals surface area contributed by atoms with Crippen LogP contribution in [0.4, 0.5) is 0 Å². The van der Waals surface area contributed by atoms with Crippen LogP contribution in [0.2, 0.25) is 0 Å². The summed E-state index contributed by atoms with van der Waals surface area (Å²) in [5.41, 5.74) is 0.564. The molecule has 0 heterocycles. The minimum Gasteiger partial charge on any atom is -0.491 e. The summed E-state index contributed by atoms with van der Waals surface area (Å²) in [4.78, 5) is 24.1. The molecule has 108 valence electrons. The van der Waals surface area contributed by atoms with E-state index < -0.39 is 12.0 Å². The minimum absolute atomic E-state index is 0.0131. The Bertz CT molecular complexity index is 496. The number of carbonyl (C=O) groups excluding carboxylic acids is 1. The Hall–Kier alpha value is -2.04. The van der Waals surface area contributed by atoms with E-state index >= 15 is 0 Å². The Kier molecular flexibility index (Phi) is 4.27. The van der Waals surface area contributed by atoms with Crippen LogP contribution >= 0.6 is 0 Å². The van der Waals surface area contributed by atoms with Gasteiger partial charge in [0.1, 0.15) is 5.75 Å². The molecule has 1 aromatic carbocycles. The first-order valence-electron chi connectivity index (χ1n) is 6.75. The maximum Gasteiger partial charge on any atom is 0.331 e. The van der Waals surface area contributed by atoms with Crippen LogP contribution in [0, 0.1) is 0 Å². The summed E-state index contributed by atoms with van der Waals surface area (Å²) in [5, 5.41) is 9.44. The number of hydrogen-bond donors (Lipinski definition) is 1. The highest BCUT2D eigenvalue weighted by Crippen LogP contribution is 2.34. The van der Waals surface area contributed by atoms with Gasteiger partial charge in [0.15, 0.2) is 6.04 Å². The van der Waals surface area contributed by atoms with Crippen LogP contribution in [-0.2, 0) is 9.59 Å². The Morgan fingerprint density at radius 1 is 1.45 bits per heavy atom. The zero-order valence-electron chi connectivity index (χ0n) is 11.7. The second-order valence-electron chi connectivity index (χ2n) is 5.26. The molecule has 1 atom stereocenters. The maximum absolute atomic E-state index is 11.5. The zero-order chi connectivity index (χ0) is 14.7. The van der Waals surface area contributed by atoms with Gasteiger partial charge in [-0.3, -0.25) is 4.79 Å². The quantitative estimate of drug-likeness (QED) is 0.776. The molecule has 0 spiro atoms. The van der Waals surface area contributed by atoms with E-state index in [1.165, 1.54) is 4.90 Å². The van der Waals surface area contributed by atoms with E-state index in [2.05, 4.69) is 0 Å². The lowest BCUT2D eigenvalue weighted by Crippen LogP contribution is -2.34. The van der Waals surface area contributed by atoms with Crippen LogP contribution in [0.15, 0.2) is 24.3 Å². The van der Waals surface area contributed by atoms with Gasteiger partial charge in [-0.05, 0) is 44.4 Å². The molecule has 5 heteroatoms. The molecular weight excluding hydrogens is 258 g/mol. The first-order chi connectivity index (χ1) is 9.52. The summed E-state index contributed by atoms with van der Waals surface area (Å²) in [7, 11) is 0. The molecule has 1 amide bonds. The normalized spacial score (nSPS) is 15.8. The van der Waals surface area contributed by atoms with Gasteiger partial charge in [0, 0.05) is 6.04 Å². The van der Waals surface area contributed by atoms with E-state index in [-0.39, 0.29) is 12.1 Å². The highest BCUT2D eigenvalue weighted by molar-refractivity contribution is 5.78. The van der Waals surface area contributed by atoms with Gasteiger partial charge in [-0.25, -0.2) is 4.79 Å². The van der Waals surface area contributed by atoms with Crippen molar-refractivity contribution in [3.63, 3.8) is 0 Å². The van der Waals surface area contributed by atoms with Crippen molar-refractivity contribution in [1.82, 2.24) is 4.90 Å². The standard InChI is InChI=1S/C15H19NO4/c1-10(2)20-13-5-3-4-11(8-13)14(15(18)19)16(9-17)12-6-7-12/h3-5,8-10,12,14H,6-7H2,1-2H3,(H,18,19). The van der Waals surface area contributed by atoms with E-state index in [1.54, 1.807) is 24.3 Å². The number of hydrogen-bond acceptors (Lipinski definition) is 3. The van der Waals surface area contributed by atoms with Crippen LogP contribution in [-0.4, -0.2) is 34.5 Å². The lowest BCUT2D eigenvalue weighted by molar-refractivity contribution is -0.147. The fourth-order valence-electron chi connectivity index (χ4n) is 2.20. The lowest BCUT2D eigenvalue weighted by atomic mass is 10.1. The monoisotopic (exact) mass is 277 g/mol. The molecule has 1 fully saturated rings. The zero-order valence-corrected chi connectivity index (χ0v) is 11.7. The van der Waals surface area contributed by atoms with Crippen LogP contribution in [0.5, 0.6) is 5.75 Å². The van der Waals surface area contributed by atoms with E-state index in [1.807, 2.05) is 13.8 Å². The molecule has 1 unspecified atom stereocenters. The fraction of sp³-hybridized carbons (Fsp3) is 0.467. The Labute approximate surface area is 118 Å². The molecule has 0 aliphatic heterocycles. The van der Waals surface area contributed by atoms with Gasteiger partial charge in [-0.2, -0.15) is 0 Å². The molecule has 2 rings (SSSR count). The number of carboxylic acid groups (broad SMARTS) is 1. The second-order valence-corrected chi connectivity index (χ2v) is 5.26. The highest BCUT2D eigenvalue weighted by Gasteiger charge is 2.37. The predicted molar refractivity (Wildman–Crippen MR) is 73.5 cm³/mol. The number of rotatable bonds is 7. The topological polar surface area (TPSA) is 66.8 Å². The van der Waals surface area contributed by atoms with Crippen LogP contribution < -0.4 is 4.74 Å². The molecule has 1 N–H and O–H groups in total. The maximum atomic E-state index is 11.5. The average molecular weight is 277 g/mol. The molecular formula is C15H19NO4. The number of aliphatic carboxylic acids is 1. The summed E-state index contributed by atoms with van der Waals surface area (Å²) < 4.78 is 5.57. The van der Waals surface area contributed by atoms with Gasteiger partial charge >= 0.3 is 5.97 Å². The van der Waals surface area contributed by atoms with Crippen molar-refractivity contribution in [3.05, 3.63) is 29.8 Å².